The van der Waals surface area contributed by atoms with Crippen molar-refractivity contribution in [2.24, 2.45) is 0 Å². The van der Waals surface area contributed by atoms with Crippen LogP contribution in [0.25, 0.3) is 0 Å². The standard InChI is InChI=1S/C16H14FNO2/c1-10-6-7-11(8-12(10)17)16(19)15-9-18-13-4-2-3-5-14(13)20-15/h2-8,15,18H,9H2,1H3. The molecule has 1 unspecified atom stereocenters. The summed E-state index contributed by atoms with van der Waals surface area (Å²) in [4.78, 5) is 12.3. The van der Waals surface area contributed by atoms with Crippen molar-refractivity contribution in [1.29, 1.82) is 0 Å². The molecule has 4 heteroatoms. The van der Waals surface area contributed by atoms with Crippen LogP contribution >= 0.6 is 0 Å². The van der Waals surface area contributed by atoms with Crippen LogP contribution in [0.2, 0.25) is 0 Å². The van der Waals surface area contributed by atoms with E-state index in [0.717, 1.165) is 5.69 Å². The van der Waals surface area contributed by atoms with Gasteiger partial charge in [-0.2, -0.15) is 0 Å². The smallest absolute Gasteiger partial charge is 0.205 e. The Kier molecular flexibility index (Phi) is 3.14. The number of benzene rings is 2. The number of anilines is 1. The van der Waals surface area contributed by atoms with Gasteiger partial charge in [-0.05, 0) is 30.7 Å². The molecule has 1 atom stereocenters. The minimum absolute atomic E-state index is 0.217. The average Bonchev–Trinajstić information content (AvgIpc) is 2.49. The van der Waals surface area contributed by atoms with Gasteiger partial charge in [0.25, 0.3) is 0 Å². The number of ether oxygens (including phenoxy) is 1. The molecule has 1 N–H and O–H groups in total. The lowest BCUT2D eigenvalue weighted by atomic mass is 10.0. The van der Waals surface area contributed by atoms with Crippen LogP contribution in [0.4, 0.5) is 10.1 Å². The minimum Gasteiger partial charge on any atom is -0.478 e. The van der Waals surface area contributed by atoms with E-state index in [1.54, 1.807) is 25.1 Å². The second kappa shape index (κ2) is 4.96. The molecule has 3 nitrogen and oxygen atoms in total. The minimum atomic E-state index is -0.632. The first-order chi connectivity index (χ1) is 9.65. The monoisotopic (exact) mass is 271 g/mol. The quantitative estimate of drug-likeness (QED) is 0.852. The Morgan fingerprint density at radius 2 is 2.10 bits per heavy atom. The lowest BCUT2D eigenvalue weighted by Crippen LogP contribution is -2.37. The number of hydrogen-bond acceptors (Lipinski definition) is 3. The number of carbonyl (C=O) groups excluding carboxylic acids is 1. The summed E-state index contributed by atoms with van der Waals surface area (Å²) in [5.74, 6) is 0.0515. The van der Waals surface area contributed by atoms with Crippen LogP contribution < -0.4 is 10.1 Å². The normalized spacial score (nSPS) is 16.8. The number of nitrogens with one attached hydrogen (secondary N) is 1. The van der Waals surface area contributed by atoms with E-state index in [4.69, 9.17) is 4.74 Å². The molecule has 0 aromatic heterocycles. The first-order valence-electron chi connectivity index (χ1n) is 6.45. The number of para-hydroxylation sites is 2. The molecule has 0 saturated heterocycles. The number of ketones is 1. The van der Waals surface area contributed by atoms with Gasteiger partial charge >= 0.3 is 0 Å². The van der Waals surface area contributed by atoms with Crippen LogP contribution in [0.5, 0.6) is 5.75 Å². The number of aryl methyl sites for hydroxylation is 1. The van der Waals surface area contributed by atoms with Crippen LogP contribution in [-0.4, -0.2) is 18.4 Å². The summed E-state index contributed by atoms with van der Waals surface area (Å²) in [5, 5.41) is 3.15. The molecule has 0 amide bonds. The second-order valence-corrected chi connectivity index (χ2v) is 4.81. The van der Waals surface area contributed by atoms with Crippen molar-refractivity contribution in [2.45, 2.75) is 13.0 Å². The molecule has 0 radical (unpaired) electrons. The summed E-state index contributed by atoms with van der Waals surface area (Å²) in [7, 11) is 0. The van der Waals surface area contributed by atoms with Gasteiger partial charge in [-0.15, -0.1) is 0 Å². The maximum atomic E-state index is 13.5. The summed E-state index contributed by atoms with van der Waals surface area (Å²) in [6.07, 6.45) is -0.632. The lowest BCUT2D eigenvalue weighted by molar-refractivity contribution is 0.0801. The molecule has 102 valence electrons. The predicted octanol–water partition coefficient (Wildman–Crippen LogP) is 3.19. The van der Waals surface area contributed by atoms with E-state index in [9.17, 15) is 9.18 Å². The summed E-state index contributed by atoms with van der Waals surface area (Å²) >= 11 is 0. The molecule has 20 heavy (non-hydrogen) atoms. The first-order valence-corrected chi connectivity index (χ1v) is 6.45. The molecule has 0 aliphatic carbocycles. The van der Waals surface area contributed by atoms with E-state index in [1.165, 1.54) is 6.07 Å². The third-order valence-corrected chi connectivity index (χ3v) is 3.38. The maximum Gasteiger partial charge on any atom is 0.205 e. The van der Waals surface area contributed by atoms with Gasteiger partial charge in [0.1, 0.15) is 11.6 Å². The fourth-order valence-corrected chi connectivity index (χ4v) is 2.19. The van der Waals surface area contributed by atoms with Crippen molar-refractivity contribution in [3.05, 3.63) is 59.4 Å². The molecular weight excluding hydrogens is 257 g/mol. The largest absolute Gasteiger partial charge is 0.478 e. The number of fused-ring (bicyclic) bond motifs is 1. The van der Waals surface area contributed by atoms with Crippen molar-refractivity contribution in [1.82, 2.24) is 0 Å². The van der Waals surface area contributed by atoms with E-state index in [1.807, 2.05) is 18.2 Å². The van der Waals surface area contributed by atoms with Crippen LogP contribution in [-0.2, 0) is 0 Å². The average molecular weight is 271 g/mol. The van der Waals surface area contributed by atoms with Gasteiger partial charge < -0.3 is 10.1 Å². The zero-order valence-electron chi connectivity index (χ0n) is 11.0. The van der Waals surface area contributed by atoms with E-state index in [2.05, 4.69) is 5.32 Å². The molecule has 1 aliphatic heterocycles. The van der Waals surface area contributed by atoms with Gasteiger partial charge in [0.05, 0.1) is 12.2 Å². The maximum absolute atomic E-state index is 13.5. The molecule has 1 heterocycles. The highest BCUT2D eigenvalue weighted by molar-refractivity contribution is 6.00. The third kappa shape index (κ3) is 2.25. The van der Waals surface area contributed by atoms with Crippen LogP contribution in [0.1, 0.15) is 15.9 Å². The highest BCUT2D eigenvalue weighted by Crippen LogP contribution is 2.29. The topological polar surface area (TPSA) is 38.3 Å². The number of halogens is 1. The number of hydrogen-bond donors (Lipinski definition) is 1. The van der Waals surface area contributed by atoms with Gasteiger partial charge in [0, 0.05) is 5.56 Å². The van der Waals surface area contributed by atoms with Crippen LogP contribution in [0, 0.1) is 12.7 Å². The predicted molar refractivity (Wildman–Crippen MR) is 74.8 cm³/mol. The summed E-state index contributed by atoms with van der Waals surface area (Å²) in [5.41, 5.74) is 1.72. The Balaban J connectivity index is 1.84. The zero-order valence-corrected chi connectivity index (χ0v) is 11.0. The van der Waals surface area contributed by atoms with Gasteiger partial charge in [-0.3, -0.25) is 4.79 Å². The number of Topliss-reactive ketones (excluding diaryl/α,β-unsaturated/α-hetero) is 1. The Hall–Kier alpha value is -2.36. The number of rotatable bonds is 2. The summed E-state index contributed by atoms with van der Waals surface area (Å²) < 4.78 is 19.2. The molecule has 0 bridgehead atoms. The molecule has 3 rings (SSSR count). The molecule has 2 aromatic carbocycles. The molecule has 0 spiro atoms. The molecule has 0 fully saturated rings. The van der Waals surface area contributed by atoms with Gasteiger partial charge in [-0.25, -0.2) is 4.39 Å². The third-order valence-electron chi connectivity index (χ3n) is 3.38. The molecule has 0 saturated carbocycles. The van der Waals surface area contributed by atoms with Crippen molar-refractivity contribution < 1.29 is 13.9 Å². The first kappa shape index (κ1) is 12.7. The molecular formula is C16H14FNO2. The Labute approximate surface area is 116 Å². The van der Waals surface area contributed by atoms with Crippen LogP contribution in [0.15, 0.2) is 42.5 Å². The van der Waals surface area contributed by atoms with Crippen molar-refractivity contribution in [3.8, 4) is 5.75 Å². The number of carbonyl (C=O) groups is 1. The van der Waals surface area contributed by atoms with E-state index < -0.39 is 6.10 Å². The van der Waals surface area contributed by atoms with Gasteiger partial charge in [-0.1, -0.05) is 24.3 Å². The zero-order chi connectivity index (χ0) is 14.1. The summed E-state index contributed by atoms with van der Waals surface area (Å²) in [6, 6.07) is 11.9. The highest BCUT2D eigenvalue weighted by Gasteiger charge is 2.26. The highest BCUT2D eigenvalue weighted by atomic mass is 19.1. The van der Waals surface area contributed by atoms with E-state index in [0.29, 0.717) is 23.4 Å². The fourth-order valence-electron chi connectivity index (χ4n) is 2.19. The van der Waals surface area contributed by atoms with E-state index >= 15 is 0 Å². The van der Waals surface area contributed by atoms with Gasteiger partial charge in [0.15, 0.2) is 6.10 Å². The second-order valence-electron chi connectivity index (χ2n) is 4.81. The Morgan fingerprint density at radius 3 is 2.90 bits per heavy atom. The summed E-state index contributed by atoms with van der Waals surface area (Å²) in [6.45, 7) is 2.05. The SMILES string of the molecule is Cc1ccc(C(=O)C2CNc3ccccc3O2)cc1F. The van der Waals surface area contributed by atoms with Gasteiger partial charge in [0.2, 0.25) is 5.78 Å². The molecule has 1 aliphatic rings. The fraction of sp³-hybridized carbons (Fsp3) is 0.188. The van der Waals surface area contributed by atoms with E-state index in [-0.39, 0.29) is 11.6 Å². The molecule has 2 aromatic rings. The van der Waals surface area contributed by atoms with Crippen molar-refractivity contribution >= 4 is 11.5 Å². The van der Waals surface area contributed by atoms with Crippen molar-refractivity contribution in [2.75, 3.05) is 11.9 Å². The Bertz CT molecular complexity index is 669. The lowest BCUT2D eigenvalue weighted by Gasteiger charge is -2.26. The Morgan fingerprint density at radius 1 is 1.30 bits per heavy atom. The van der Waals surface area contributed by atoms with Crippen molar-refractivity contribution in [3.63, 3.8) is 0 Å². The van der Waals surface area contributed by atoms with Crippen LogP contribution in [0.3, 0.4) is 0 Å².